The lowest BCUT2D eigenvalue weighted by molar-refractivity contribution is -0.605. The first-order chi connectivity index (χ1) is 23.1. The van der Waals surface area contributed by atoms with E-state index in [1.54, 1.807) is 12.1 Å². The molecule has 5 rings (SSSR count). The van der Waals surface area contributed by atoms with Gasteiger partial charge in [-0.2, -0.15) is 4.73 Å². The van der Waals surface area contributed by atoms with Gasteiger partial charge in [-0.25, -0.2) is 9.59 Å². The van der Waals surface area contributed by atoms with Gasteiger partial charge >= 0.3 is 11.9 Å². The quantitative estimate of drug-likeness (QED) is 0.0941. The van der Waals surface area contributed by atoms with E-state index in [0.717, 1.165) is 41.9 Å². The molecular formula is C35H37Cl2N3O7S. The Morgan fingerprint density at radius 2 is 1.77 bits per heavy atom. The Kier molecular flexibility index (Phi) is 11.8. The number of hydrogen-bond acceptors (Lipinski definition) is 9. The molecule has 0 aliphatic carbocycles. The second kappa shape index (κ2) is 16.0. The van der Waals surface area contributed by atoms with Crippen LogP contribution >= 0.6 is 34.5 Å². The van der Waals surface area contributed by atoms with E-state index in [1.165, 1.54) is 26.6 Å². The van der Waals surface area contributed by atoms with Crippen molar-refractivity contribution in [3.8, 4) is 11.5 Å². The number of thiophene rings is 1. The number of methoxy groups -OCH3 is 2. The number of nitrogens with one attached hydrogen (secondary N) is 1. The Labute approximate surface area is 293 Å². The number of halogens is 2. The molecular weight excluding hydrogens is 677 g/mol. The average Bonchev–Trinajstić information content (AvgIpc) is 3.49. The van der Waals surface area contributed by atoms with Gasteiger partial charge < -0.3 is 29.4 Å². The molecule has 1 unspecified atom stereocenters. The smallest absolute Gasteiger partial charge is 0.346 e. The summed E-state index contributed by atoms with van der Waals surface area (Å²) in [5.41, 5.74) is 2.48. The zero-order chi connectivity index (χ0) is 34.4. The highest BCUT2D eigenvalue weighted by Crippen LogP contribution is 2.41. The van der Waals surface area contributed by atoms with E-state index < -0.39 is 17.9 Å². The van der Waals surface area contributed by atoms with Gasteiger partial charge in [0, 0.05) is 29.4 Å². The monoisotopic (exact) mass is 713 g/mol. The topological polar surface area (TPSA) is 124 Å². The number of rotatable bonds is 13. The van der Waals surface area contributed by atoms with Gasteiger partial charge in [-0.3, -0.25) is 5.32 Å². The number of carbonyl (C=O) groups is 2. The van der Waals surface area contributed by atoms with Gasteiger partial charge in [0.2, 0.25) is 0 Å². The summed E-state index contributed by atoms with van der Waals surface area (Å²) in [6.45, 7) is 1.84. The number of nitrogens with zero attached hydrogens (tertiary/aromatic N) is 2. The maximum Gasteiger partial charge on any atom is 0.346 e. The van der Waals surface area contributed by atoms with Gasteiger partial charge in [-0.15, -0.1) is 11.3 Å². The second-order valence-electron chi connectivity index (χ2n) is 11.7. The number of likely N-dealkylation sites (tertiary alicyclic amines) is 1. The fourth-order valence-corrected chi connectivity index (χ4v) is 7.62. The van der Waals surface area contributed by atoms with E-state index >= 15 is 0 Å². The molecule has 0 amide bonds. The maximum absolute atomic E-state index is 13.6. The minimum absolute atomic E-state index is 0.123. The molecule has 0 radical (unpaired) electrons. The number of likely N-dealkylation sites (N-methyl/N-ethyl adjacent to an activating group) is 1. The van der Waals surface area contributed by atoms with Crippen molar-refractivity contribution in [3.05, 3.63) is 114 Å². The van der Waals surface area contributed by atoms with E-state index in [2.05, 4.69) is 10.2 Å². The molecule has 10 nitrogen and oxygen atoms in total. The van der Waals surface area contributed by atoms with Gasteiger partial charge in [0.25, 0.3) is 0 Å². The summed E-state index contributed by atoms with van der Waals surface area (Å²) >= 11 is 14.1. The van der Waals surface area contributed by atoms with Crippen LogP contribution in [0.25, 0.3) is 0 Å². The molecule has 1 aliphatic rings. The predicted octanol–water partition coefficient (Wildman–Crippen LogP) is 6.25. The standard InChI is InChI=1S/C35H37Cl2N3O7S/c1-39-13-7-10-23(18-39)47-35(43)32(21-8-5-4-6-9-21)38-17-24-15-26(33(48-24)34(41)42)25(16-27-28(36)19-40(44)20-29(27)37)22-11-12-30(45-2)31(14-22)46-3/h4-6,8-9,11-12,14-15,19-20,23,25,32,38H,7,10,13,16-18H2,1-3H3,(H,41,42)/t23-,25+,32?/m1/s1. The molecule has 1 saturated heterocycles. The first kappa shape index (κ1) is 35.4. The van der Waals surface area contributed by atoms with Crippen LogP contribution in [0.1, 0.15) is 61.6 Å². The molecule has 2 N–H and O–H groups in total. The predicted molar refractivity (Wildman–Crippen MR) is 184 cm³/mol. The number of aromatic carboxylic acids is 1. The van der Waals surface area contributed by atoms with Gasteiger partial charge in [-0.1, -0.05) is 59.6 Å². The van der Waals surface area contributed by atoms with Crippen LogP contribution in [0.3, 0.4) is 0 Å². The van der Waals surface area contributed by atoms with Crippen molar-refractivity contribution in [3.63, 3.8) is 0 Å². The third-order valence-electron chi connectivity index (χ3n) is 8.37. The summed E-state index contributed by atoms with van der Waals surface area (Å²) in [6.07, 6.45) is 4.16. The number of hydrogen-bond donors (Lipinski definition) is 2. The molecule has 48 heavy (non-hydrogen) atoms. The Bertz CT molecular complexity index is 1730. The number of carboxylic acids is 1. The Hall–Kier alpha value is -3.87. The first-order valence-electron chi connectivity index (χ1n) is 15.4. The highest BCUT2D eigenvalue weighted by molar-refractivity contribution is 7.14. The molecule has 0 saturated carbocycles. The first-order valence-corrected chi connectivity index (χ1v) is 17.0. The lowest BCUT2D eigenvalue weighted by atomic mass is 9.85. The highest BCUT2D eigenvalue weighted by atomic mass is 35.5. The molecule has 4 aromatic rings. The number of piperidine rings is 1. The van der Waals surface area contributed by atoms with Gasteiger partial charge in [0.05, 0.1) is 14.2 Å². The van der Waals surface area contributed by atoms with E-state index in [-0.39, 0.29) is 40.0 Å². The van der Waals surface area contributed by atoms with Crippen LogP contribution in [-0.2, 0) is 22.5 Å². The zero-order valence-corrected chi connectivity index (χ0v) is 29.1. The van der Waals surface area contributed by atoms with Crippen molar-refractivity contribution in [1.29, 1.82) is 0 Å². The van der Waals surface area contributed by atoms with Crippen LogP contribution in [0, 0.1) is 5.21 Å². The lowest BCUT2D eigenvalue weighted by Gasteiger charge is -2.30. The van der Waals surface area contributed by atoms with Crippen LogP contribution < -0.4 is 19.5 Å². The molecule has 254 valence electrons. The number of ether oxygens (including phenoxy) is 3. The molecule has 3 atom stereocenters. The number of carbonyl (C=O) groups excluding carboxylic acids is 1. The summed E-state index contributed by atoms with van der Waals surface area (Å²) in [4.78, 5) is 29.2. The average molecular weight is 715 g/mol. The molecule has 2 aromatic heterocycles. The van der Waals surface area contributed by atoms with E-state index in [0.29, 0.717) is 38.8 Å². The Morgan fingerprint density at radius 1 is 1.06 bits per heavy atom. The third kappa shape index (κ3) is 8.40. The normalized spacial score (nSPS) is 16.2. The summed E-state index contributed by atoms with van der Waals surface area (Å²) in [6, 6.07) is 15.7. The molecule has 3 heterocycles. The molecule has 0 bridgehead atoms. The number of pyridine rings is 1. The number of benzene rings is 2. The maximum atomic E-state index is 13.6. The highest BCUT2D eigenvalue weighted by Gasteiger charge is 2.30. The van der Waals surface area contributed by atoms with Crippen molar-refractivity contribution >= 4 is 46.5 Å². The summed E-state index contributed by atoms with van der Waals surface area (Å²) in [5, 5.41) is 26.0. The lowest BCUT2D eigenvalue weighted by Crippen LogP contribution is -2.40. The summed E-state index contributed by atoms with van der Waals surface area (Å²) in [5.74, 6) is -1.07. The number of aromatic nitrogens is 1. The van der Waals surface area contributed by atoms with Crippen LogP contribution in [0.15, 0.2) is 67.0 Å². The van der Waals surface area contributed by atoms with Crippen LogP contribution in [0.4, 0.5) is 0 Å². The minimum Gasteiger partial charge on any atom is -0.619 e. The van der Waals surface area contributed by atoms with Crippen LogP contribution in [0.2, 0.25) is 10.0 Å². The summed E-state index contributed by atoms with van der Waals surface area (Å²) in [7, 11) is 5.06. The van der Waals surface area contributed by atoms with E-state index in [9.17, 15) is 19.9 Å². The van der Waals surface area contributed by atoms with Crippen molar-refractivity contribution in [2.75, 3.05) is 34.4 Å². The molecule has 1 aliphatic heterocycles. The van der Waals surface area contributed by atoms with Gasteiger partial charge in [0.1, 0.15) is 27.1 Å². The Balaban J connectivity index is 1.50. The van der Waals surface area contributed by atoms with Crippen molar-refractivity contribution in [2.24, 2.45) is 0 Å². The molecule has 0 spiro atoms. The van der Waals surface area contributed by atoms with E-state index in [4.69, 9.17) is 37.4 Å². The third-order valence-corrected chi connectivity index (χ3v) is 10.2. The number of esters is 1. The van der Waals surface area contributed by atoms with Crippen LogP contribution in [-0.4, -0.2) is 62.4 Å². The Morgan fingerprint density at radius 3 is 2.42 bits per heavy atom. The second-order valence-corrected chi connectivity index (χ2v) is 13.6. The molecule has 13 heteroatoms. The van der Waals surface area contributed by atoms with Gasteiger partial charge in [0.15, 0.2) is 23.9 Å². The summed E-state index contributed by atoms with van der Waals surface area (Å²) < 4.78 is 17.5. The number of carboxylic acid groups (broad SMARTS) is 1. The molecule has 2 aromatic carbocycles. The SMILES string of the molecule is COc1ccc([C@H](Cc2c(Cl)c[n+]([O-])cc2Cl)c2cc(CNC(C(=O)O[C@@H]3CCCN(C)C3)c3ccccc3)sc2C(=O)O)cc1OC. The fourth-order valence-electron chi connectivity index (χ4n) is 6.01. The zero-order valence-electron chi connectivity index (χ0n) is 26.8. The largest absolute Gasteiger partial charge is 0.619 e. The van der Waals surface area contributed by atoms with Crippen molar-refractivity contribution in [2.45, 2.75) is 43.9 Å². The minimum atomic E-state index is -1.10. The molecule has 1 fully saturated rings. The van der Waals surface area contributed by atoms with Gasteiger partial charge in [-0.05, 0) is 67.7 Å². The fraction of sp³-hybridized carbons (Fsp3) is 0.343. The van der Waals surface area contributed by atoms with Crippen LogP contribution in [0.5, 0.6) is 11.5 Å². The van der Waals surface area contributed by atoms with Crippen molar-refractivity contribution < 1.29 is 33.6 Å². The van der Waals surface area contributed by atoms with Crippen molar-refractivity contribution in [1.82, 2.24) is 10.2 Å². The van der Waals surface area contributed by atoms with E-state index in [1.807, 2.05) is 49.5 Å².